The molecule has 0 heterocycles. The number of aliphatic hydroxyl groups is 1. The van der Waals surface area contributed by atoms with E-state index in [0.717, 1.165) is 16.2 Å². The fraction of sp³-hybridized carbons (Fsp3) is 0.182. The molecular formula is C22H23O2P. The summed E-state index contributed by atoms with van der Waals surface area (Å²) in [6.07, 6.45) is -0.119. The van der Waals surface area contributed by atoms with Crippen LogP contribution < -0.4 is 10.6 Å². The van der Waals surface area contributed by atoms with E-state index in [1.54, 1.807) is 6.92 Å². The highest BCUT2D eigenvalue weighted by Gasteiger charge is 2.39. The Balaban J connectivity index is 2.13. The Bertz CT molecular complexity index is 786. The van der Waals surface area contributed by atoms with Crippen LogP contribution in [0.4, 0.5) is 0 Å². The summed E-state index contributed by atoms with van der Waals surface area (Å²) in [7, 11) is -3.01. The second kappa shape index (κ2) is 7.82. The van der Waals surface area contributed by atoms with Crippen LogP contribution in [-0.2, 0) is 11.0 Å². The maximum atomic E-state index is 14.4. The third-order valence-electron chi connectivity index (χ3n) is 4.59. The average Bonchev–Trinajstić information content (AvgIpc) is 2.67. The lowest BCUT2D eigenvalue weighted by molar-refractivity contribution is 0.187. The van der Waals surface area contributed by atoms with Gasteiger partial charge in [0.2, 0.25) is 0 Å². The topological polar surface area (TPSA) is 37.3 Å². The number of rotatable bonds is 6. The van der Waals surface area contributed by atoms with Gasteiger partial charge in [0.1, 0.15) is 7.14 Å². The first-order chi connectivity index (χ1) is 12.1. The van der Waals surface area contributed by atoms with E-state index < -0.39 is 13.2 Å². The van der Waals surface area contributed by atoms with Crippen molar-refractivity contribution in [2.24, 2.45) is 0 Å². The number of aliphatic hydroxyl groups excluding tert-OH is 1. The fourth-order valence-corrected chi connectivity index (χ4v) is 6.66. The monoisotopic (exact) mass is 350 g/mol. The van der Waals surface area contributed by atoms with Gasteiger partial charge in [-0.2, -0.15) is 0 Å². The van der Waals surface area contributed by atoms with Crippen LogP contribution in [0.5, 0.6) is 0 Å². The molecule has 0 amide bonds. The maximum absolute atomic E-state index is 14.4. The van der Waals surface area contributed by atoms with Crippen molar-refractivity contribution in [3.05, 3.63) is 96.6 Å². The van der Waals surface area contributed by atoms with Crippen molar-refractivity contribution in [2.45, 2.75) is 25.1 Å². The van der Waals surface area contributed by atoms with Gasteiger partial charge >= 0.3 is 0 Å². The van der Waals surface area contributed by atoms with Gasteiger partial charge < -0.3 is 9.67 Å². The number of benzene rings is 3. The highest BCUT2D eigenvalue weighted by molar-refractivity contribution is 7.79. The van der Waals surface area contributed by atoms with E-state index in [-0.39, 0.29) is 5.66 Å². The third-order valence-corrected chi connectivity index (χ3v) is 8.27. The highest BCUT2D eigenvalue weighted by Crippen LogP contribution is 2.51. The molecular weight excluding hydrogens is 327 g/mol. The van der Waals surface area contributed by atoms with Crippen LogP contribution in [0.3, 0.4) is 0 Å². The van der Waals surface area contributed by atoms with Crippen LogP contribution in [0.1, 0.15) is 12.5 Å². The summed E-state index contributed by atoms with van der Waals surface area (Å²) >= 11 is 0. The first-order valence-corrected chi connectivity index (χ1v) is 10.3. The highest BCUT2D eigenvalue weighted by atomic mass is 31.2. The van der Waals surface area contributed by atoms with Gasteiger partial charge in [0.05, 0.1) is 11.8 Å². The maximum Gasteiger partial charge on any atom is 0.149 e. The second-order valence-electron chi connectivity index (χ2n) is 6.33. The van der Waals surface area contributed by atoms with E-state index in [4.69, 9.17) is 0 Å². The molecule has 2 atom stereocenters. The lowest BCUT2D eigenvalue weighted by Crippen LogP contribution is -2.34. The van der Waals surface area contributed by atoms with E-state index in [1.165, 1.54) is 0 Å². The molecule has 0 aliphatic carbocycles. The van der Waals surface area contributed by atoms with Crippen molar-refractivity contribution in [1.82, 2.24) is 0 Å². The van der Waals surface area contributed by atoms with Gasteiger partial charge in [-0.05, 0) is 18.9 Å². The van der Waals surface area contributed by atoms with Crippen LogP contribution in [0.2, 0.25) is 0 Å². The largest absolute Gasteiger partial charge is 0.393 e. The van der Waals surface area contributed by atoms with Crippen molar-refractivity contribution in [1.29, 1.82) is 0 Å². The Kier molecular flexibility index (Phi) is 5.53. The summed E-state index contributed by atoms with van der Waals surface area (Å²) < 4.78 is 14.4. The van der Waals surface area contributed by atoms with Crippen LogP contribution in [0.15, 0.2) is 91.0 Å². The van der Waals surface area contributed by atoms with Gasteiger partial charge in [-0.25, -0.2) is 0 Å². The Morgan fingerprint density at radius 1 is 0.760 bits per heavy atom. The van der Waals surface area contributed by atoms with Crippen LogP contribution in [0.25, 0.3) is 0 Å². The predicted octanol–water partition coefficient (Wildman–Crippen LogP) is 3.99. The molecule has 2 nitrogen and oxygen atoms in total. The van der Waals surface area contributed by atoms with Gasteiger partial charge in [0.25, 0.3) is 0 Å². The van der Waals surface area contributed by atoms with Gasteiger partial charge in [0, 0.05) is 10.6 Å². The number of hydrogen-bond acceptors (Lipinski definition) is 2. The van der Waals surface area contributed by atoms with E-state index in [2.05, 4.69) is 0 Å². The first kappa shape index (κ1) is 17.7. The Hall–Kier alpha value is -2.15. The number of hydrogen-bond donors (Lipinski definition) is 1. The molecule has 1 N–H and O–H groups in total. The average molecular weight is 350 g/mol. The predicted molar refractivity (Wildman–Crippen MR) is 105 cm³/mol. The summed E-state index contributed by atoms with van der Waals surface area (Å²) in [6, 6.07) is 29.1. The molecule has 0 saturated heterocycles. The van der Waals surface area contributed by atoms with E-state index in [1.807, 2.05) is 91.0 Å². The minimum absolute atomic E-state index is 0.375. The zero-order valence-electron chi connectivity index (χ0n) is 14.3. The summed E-state index contributed by atoms with van der Waals surface area (Å²) in [5.41, 5.74) is 0.709. The van der Waals surface area contributed by atoms with Crippen molar-refractivity contribution >= 4 is 17.8 Å². The van der Waals surface area contributed by atoms with Crippen LogP contribution in [-0.4, -0.2) is 16.9 Å². The quantitative estimate of drug-likeness (QED) is 0.683. The molecule has 0 unspecified atom stereocenters. The molecule has 0 fully saturated rings. The Morgan fingerprint density at radius 2 is 1.16 bits per heavy atom. The molecule has 0 bridgehead atoms. The Morgan fingerprint density at radius 3 is 1.56 bits per heavy atom. The summed E-state index contributed by atoms with van der Waals surface area (Å²) in [5, 5.41) is 12.1. The zero-order chi connectivity index (χ0) is 17.7. The molecule has 0 radical (unpaired) electrons. The molecule has 0 saturated carbocycles. The SMILES string of the molecule is C[C@H](O)[C@H](Cc1ccccc1)P(=O)(c1ccccc1)c1ccccc1. The minimum Gasteiger partial charge on any atom is -0.393 e. The van der Waals surface area contributed by atoms with Crippen LogP contribution in [0, 0.1) is 0 Å². The van der Waals surface area contributed by atoms with Gasteiger partial charge in [-0.1, -0.05) is 91.0 Å². The molecule has 3 aromatic rings. The Labute approximate surface area is 149 Å². The van der Waals surface area contributed by atoms with E-state index in [9.17, 15) is 9.67 Å². The first-order valence-electron chi connectivity index (χ1n) is 8.55. The lowest BCUT2D eigenvalue weighted by Gasteiger charge is -2.31. The summed E-state index contributed by atoms with van der Waals surface area (Å²) in [6.45, 7) is 1.74. The smallest absolute Gasteiger partial charge is 0.149 e. The molecule has 3 heteroatoms. The molecule has 3 aromatic carbocycles. The molecule has 128 valence electrons. The summed E-state index contributed by atoms with van der Waals surface area (Å²) in [4.78, 5) is 0. The van der Waals surface area contributed by atoms with Gasteiger partial charge in [-0.3, -0.25) is 0 Å². The third kappa shape index (κ3) is 3.76. The van der Waals surface area contributed by atoms with E-state index in [0.29, 0.717) is 6.42 Å². The fourth-order valence-electron chi connectivity index (χ4n) is 3.29. The van der Waals surface area contributed by atoms with E-state index >= 15 is 0 Å². The summed E-state index contributed by atoms with van der Waals surface area (Å²) in [5.74, 6) is 0. The van der Waals surface area contributed by atoms with Crippen molar-refractivity contribution in [3.8, 4) is 0 Å². The van der Waals surface area contributed by atoms with Crippen molar-refractivity contribution in [2.75, 3.05) is 0 Å². The minimum atomic E-state index is -3.01. The van der Waals surface area contributed by atoms with Gasteiger partial charge in [0.15, 0.2) is 0 Å². The van der Waals surface area contributed by atoms with Crippen molar-refractivity contribution in [3.63, 3.8) is 0 Å². The molecule has 3 rings (SSSR count). The van der Waals surface area contributed by atoms with Crippen molar-refractivity contribution < 1.29 is 9.67 Å². The molecule has 25 heavy (non-hydrogen) atoms. The van der Waals surface area contributed by atoms with Gasteiger partial charge in [-0.15, -0.1) is 0 Å². The molecule has 0 aromatic heterocycles. The molecule has 0 spiro atoms. The standard InChI is InChI=1S/C22H23O2P/c1-18(23)22(17-19-11-5-2-6-12-19)25(24,20-13-7-3-8-14-20)21-15-9-4-10-16-21/h2-16,18,22-23H,17H2,1H3/t18-,22-/m0/s1. The molecule has 0 aliphatic heterocycles. The lowest BCUT2D eigenvalue weighted by atomic mass is 10.1. The molecule has 0 aliphatic rings. The zero-order valence-corrected chi connectivity index (χ0v) is 15.2. The normalized spacial score (nSPS) is 14.0. The second-order valence-corrected chi connectivity index (χ2v) is 9.34. The van der Waals surface area contributed by atoms with Crippen LogP contribution >= 0.6 is 7.14 Å².